The molecule has 0 fully saturated rings. The van der Waals surface area contributed by atoms with Gasteiger partial charge in [-0.2, -0.15) is 0 Å². The number of benzene rings is 1. The minimum atomic E-state index is -3.16. The first-order chi connectivity index (χ1) is 8.48. The average molecular weight is 275 g/mol. The lowest BCUT2D eigenvalue weighted by Crippen LogP contribution is -2.38. The minimum absolute atomic E-state index is 0.0841. The molecule has 0 heterocycles. The molecule has 0 amide bonds. The lowest BCUT2D eigenvalue weighted by molar-refractivity contribution is 0.0232. The molecule has 2 N–H and O–H groups in total. The van der Waals surface area contributed by atoms with Gasteiger partial charge in [-0.3, -0.25) is 0 Å². The first-order valence-electron chi connectivity index (χ1n) is 5.74. The summed E-state index contributed by atoms with van der Waals surface area (Å²) in [6.45, 7) is -0.571. The fourth-order valence-electron chi connectivity index (χ4n) is 2.27. The summed E-state index contributed by atoms with van der Waals surface area (Å²) < 4.78 is 45.5. The van der Waals surface area contributed by atoms with Crippen molar-refractivity contribution in [2.75, 3.05) is 12.3 Å². The van der Waals surface area contributed by atoms with E-state index >= 15 is 0 Å². The van der Waals surface area contributed by atoms with Crippen LogP contribution in [0.4, 0.5) is 8.78 Å². The molecule has 0 aromatic heterocycles. The molecule has 3 nitrogen and oxygen atoms in total. The van der Waals surface area contributed by atoms with Crippen LogP contribution in [0.15, 0.2) is 24.3 Å². The third-order valence-corrected chi connectivity index (χ3v) is 3.74. The Morgan fingerprint density at radius 3 is 2.89 bits per heavy atom. The van der Waals surface area contributed by atoms with Crippen molar-refractivity contribution in [2.24, 2.45) is 0 Å². The topological polar surface area (TPSA) is 49.3 Å². The Morgan fingerprint density at radius 2 is 2.17 bits per heavy atom. The van der Waals surface area contributed by atoms with E-state index < -0.39 is 29.3 Å². The third-order valence-electron chi connectivity index (χ3n) is 3.07. The van der Waals surface area contributed by atoms with Crippen LogP contribution in [0, 0.1) is 0 Å². The lowest BCUT2D eigenvalue weighted by atomic mass is 10.1. The first-order valence-corrected chi connectivity index (χ1v) is 7.02. The summed E-state index contributed by atoms with van der Waals surface area (Å²) in [6.07, 6.45) is 1.67. The maximum absolute atomic E-state index is 13.3. The molecule has 0 spiro atoms. The van der Waals surface area contributed by atoms with Gasteiger partial charge >= 0.3 is 0 Å². The molecule has 6 heteroatoms. The average Bonchev–Trinajstić information content (AvgIpc) is 2.68. The van der Waals surface area contributed by atoms with Crippen molar-refractivity contribution < 1.29 is 17.5 Å². The molecule has 1 aliphatic rings. The lowest BCUT2D eigenvalue weighted by Gasteiger charge is -2.19. The van der Waals surface area contributed by atoms with Crippen LogP contribution in [0.2, 0.25) is 0 Å². The molecule has 100 valence electrons. The number of nitrogens with one attached hydrogen (secondary N) is 1. The third kappa shape index (κ3) is 3.34. The van der Waals surface area contributed by atoms with Gasteiger partial charge in [0.25, 0.3) is 5.92 Å². The Hall–Kier alpha value is -0.850. The van der Waals surface area contributed by atoms with Gasteiger partial charge in [-0.05, 0) is 24.0 Å². The molecule has 1 aromatic carbocycles. The quantitative estimate of drug-likeness (QED) is 0.809. The van der Waals surface area contributed by atoms with E-state index in [9.17, 15) is 13.0 Å². The molecule has 0 radical (unpaired) electrons. The van der Waals surface area contributed by atoms with Crippen LogP contribution >= 0.6 is 0 Å². The van der Waals surface area contributed by atoms with Crippen LogP contribution in [0.5, 0.6) is 0 Å². The summed E-state index contributed by atoms with van der Waals surface area (Å²) in [6, 6.07) is 7.67. The molecule has 1 unspecified atom stereocenters. The Balaban J connectivity index is 1.94. The molecule has 1 aromatic rings. The van der Waals surface area contributed by atoms with E-state index in [1.54, 1.807) is 0 Å². The number of aryl methyl sites for hydroxylation is 1. The Labute approximate surface area is 107 Å². The molecule has 18 heavy (non-hydrogen) atoms. The normalized spacial score (nSPS) is 20.7. The van der Waals surface area contributed by atoms with E-state index in [1.165, 1.54) is 5.56 Å². The van der Waals surface area contributed by atoms with Gasteiger partial charge in [-0.15, -0.1) is 0 Å². The number of alkyl halides is 2. The fourth-order valence-corrected chi connectivity index (χ4v) is 2.74. The van der Waals surface area contributed by atoms with Crippen LogP contribution in [0.25, 0.3) is 0 Å². The van der Waals surface area contributed by atoms with Gasteiger partial charge in [0.1, 0.15) is 5.75 Å². The van der Waals surface area contributed by atoms with E-state index in [1.807, 2.05) is 24.3 Å². The zero-order valence-corrected chi connectivity index (χ0v) is 10.6. The van der Waals surface area contributed by atoms with Crippen LogP contribution in [0.1, 0.15) is 23.6 Å². The summed E-state index contributed by atoms with van der Waals surface area (Å²) in [5.74, 6) is -4.18. The number of hydrogen-bond acceptors (Lipinski definition) is 2. The smallest absolute Gasteiger partial charge is 0.273 e. The van der Waals surface area contributed by atoms with Crippen molar-refractivity contribution >= 4 is 11.1 Å². The van der Waals surface area contributed by atoms with Crippen molar-refractivity contribution in [1.82, 2.24) is 5.32 Å². The Kier molecular flexibility index (Phi) is 4.09. The maximum atomic E-state index is 13.3. The monoisotopic (exact) mass is 275 g/mol. The number of rotatable bonds is 5. The van der Waals surface area contributed by atoms with E-state index in [4.69, 9.17) is 4.55 Å². The van der Waals surface area contributed by atoms with Gasteiger partial charge < -0.3 is 9.87 Å². The Morgan fingerprint density at radius 1 is 1.44 bits per heavy atom. The van der Waals surface area contributed by atoms with Gasteiger partial charge in [0, 0.05) is 6.04 Å². The molecule has 0 bridgehead atoms. The van der Waals surface area contributed by atoms with Crippen molar-refractivity contribution in [3.8, 4) is 0 Å². The molecule has 0 aliphatic heterocycles. The first kappa shape index (κ1) is 13.6. The SMILES string of the molecule is O=S(O)CC(F)(F)CN[C@H]1CCc2ccccc21. The second-order valence-electron chi connectivity index (χ2n) is 4.49. The molecule has 1 aliphatic carbocycles. The van der Waals surface area contributed by atoms with Crippen molar-refractivity contribution in [2.45, 2.75) is 24.8 Å². The van der Waals surface area contributed by atoms with Crippen molar-refractivity contribution in [3.63, 3.8) is 0 Å². The summed E-state index contributed by atoms with van der Waals surface area (Å²) in [4.78, 5) is 0. The minimum Gasteiger partial charge on any atom is -0.306 e. The van der Waals surface area contributed by atoms with Crippen molar-refractivity contribution in [3.05, 3.63) is 35.4 Å². The summed E-state index contributed by atoms with van der Waals surface area (Å²) in [7, 11) is 0. The predicted octanol–water partition coefficient (Wildman–Crippen LogP) is 2.12. The summed E-state index contributed by atoms with van der Waals surface area (Å²) in [5.41, 5.74) is 2.24. The molecule has 2 atom stereocenters. The summed E-state index contributed by atoms with van der Waals surface area (Å²) >= 11 is -2.47. The van der Waals surface area contributed by atoms with Crippen LogP contribution < -0.4 is 5.32 Å². The standard InChI is InChI=1S/C12H15F2NO2S/c13-12(14,8-18(16)17)7-15-11-6-5-9-3-1-2-4-10(9)11/h1-4,11,15H,5-8H2,(H,16,17)/t11-/m0/s1. The van der Waals surface area contributed by atoms with Crippen LogP contribution in [0.3, 0.4) is 0 Å². The number of hydrogen-bond donors (Lipinski definition) is 2. The zero-order valence-electron chi connectivity index (χ0n) is 9.73. The maximum Gasteiger partial charge on any atom is 0.273 e. The van der Waals surface area contributed by atoms with Crippen LogP contribution in [-0.4, -0.2) is 27.0 Å². The second-order valence-corrected chi connectivity index (χ2v) is 5.42. The van der Waals surface area contributed by atoms with Gasteiger partial charge in [0.05, 0.1) is 6.54 Å². The molecule has 0 saturated carbocycles. The number of fused-ring (bicyclic) bond motifs is 1. The van der Waals surface area contributed by atoms with Gasteiger partial charge in [-0.25, -0.2) is 13.0 Å². The highest BCUT2D eigenvalue weighted by molar-refractivity contribution is 7.79. The largest absolute Gasteiger partial charge is 0.306 e. The van der Waals surface area contributed by atoms with E-state index in [2.05, 4.69) is 5.32 Å². The molecular formula is C12H15F2NO2S. The molecule has 2 rings (SSSR count). The second kappa shape index (κ2) is 5.42. The van der Waals surface area contributed by atoms with E-state index in [0.717, 1.165) is 18.4 Å². The van der Waals surface area contributed by atoms with Gasteiger partial charge in [-0.1, -0.05) is 24.3 Å². The van der Waals surface area contributed by atoms with E-state index in [0.29, 0.717) is 0 Å². The highest BCUT2D eigenvalue weighted by Gasteiger charge is 2.33. The van der Waals surface area contributed by atoms with Gasteiger partial charge in [0.2, 0.25) is 0 Å². The number of halogens is 2. The van der Waals surface area contributed by atoms with Crippen molar-refractivity contribution in [1.29, 1.82) is 0 Å². The van der Waals surface area contributed by atoms with Crippen LogP contribution in [-0.2, 0) is 17.5 Å². The Bertz CT molecular complexity index is 453. The zero-order chi connectivity index (χ0) is 13.2. The molecular weight excluding hydrogens is 260 g/mol. The van der Waals surface area contributed by atoms with Gasteiger partial charge in [0.15, 0.2) is 11.1 Å². The fraction of sp³-hybridized carbons (Fsp3) is 0.500. The highest BCUT2D eigenvalue weighted by atomic mass is 32.2. The predicted molar refractivity (Wildman–Crippen MR) is 66.1 cm³/mol. The molecule has 0 saturated heterocycles. The summed E-state index contributed by atoms with van der Waals surface area (Å²) in [5, 5.41) is 2.79. The highest BCUT2D eigenvalue weighted by Crippen LogP contribution is 2.31. The van der Waals surface area contributed by atoms with E-state index in [-0.39, 0.29) is 6.04 Å².